The molecule has 2 aromatic rings. The predicted octanol–water partition coefficient (Wildman–Crippen LogP) is 1.70. The lowest BCUT2D eigenvalue weighted by Crippen LogP contribution is -2.35. The minimum absolute atomic E-state index is 0.0282. The van der Waals surface area contributed by atoms with Gasteiger partial charge >= 0.3 is 12.0 Å². The van der Waals surface area contributed by atoms with Gasteiger partial charge in [0.05, 0.1) is 12.7 Å². The molecule has 0 saturated carbocycles. The van der Waals surface area contributed by atoms with Gasteiger partial charge in [0.1, 0.15) is 4.90 Å². The Labute approximate surface area is 150 Å². The Hall–Kier alpha value is -3.01. The monoisotopic (exact) mass is 378 g/mol. The van der Waals surface area contributed by atoms with E-state index in [0.29, 0.717) is 11.4 Å². The van der Waals surface area contributed by atoms with Crippen molar-refractivity contribution < 1.29 is 22.7 Å². The molecule has 2 rings (SSSR count). The van der Waals surface area contributed by atoms with Crippen LogP contribution in [0.5, 0.6) is 0 Å². The Kier molecular flexibility index (Phi) is 5.56. The first-order chi connectivity index (χ1) is 12.2. The first-order valence-corrected chi connectivity index (χ1v) is 8.97. The highest BCUT2D eigenvalue weighted by Crippen LogP contribution is 2.16. The van der Waals surface area contributed by atoms with Gasteiger partial charge in [-0.25, -0.2) is 32.7 Å². The van der Waals surface area contributed by atoms with E-state index < -0.39 is 22.0 Å². The summed E-state index contributed by atoms with van der Waals surface area (Å²) in [6, 6.07) is 4.34. The number of ether oxygens (including phenoxy) is 1. The number of urea groups is 1. The van der Waals surface area contributed by atoms with E-state index >= 15 is 0 Å². The van der Waals surface area contributed by atoms with Gasteiger partial charge in [0.2, 0.25) is 5.95 Å². The highest BCUT2D eigenvalue weighted by molar-refractivity contribution is 7.90. The number of anilines is 1. The van der Waals surface area contributed by atoms with Crippen molar-refractivity contribution in [1.29, 1.82) is 0 Å². The number of benzene rings is 1. The molecule has 0 aliphatic rings. The Balaban J connectivity index is 2.25. The fourth-order valence-corrected chi connectivity index (χ4v) is 3.22. The van der Waals surface area contributed by atoms with Crippen molar-refractivity contribution >= 4 is 28.0 Å². The Bertz CT molecular complexity index is 949. The second-order valence-corrected chi connectivity index (χ2v) is 7.04. The molecule has 0 spiro atoms. The number of carbonyl (C=O) groups excluding carboxylic acids is 2. The summed E-state index contributed by atoms with van der Waals surface area (Å²) in [7, 11) is -3.18. The van der Waals surface area contributed by atoms with Gasteiger partial charge in [0.25, 0.3) is 10.0 Å². The molecule has 9 nitrogen and oxygen atoms in total. The molecule has 1 heterocycles. The minimum atomic E-state index is -4.31. The van der Waals surface area contributed by atoms with Gasteiger partial charge in [-0.2, -0.15) is 0 Å². The van der Waals surface area contributed by atoms with Gasteiger partial charge in [0.15, 0.2) is 0 Å². The molecule has 0 aliphatic carbocycles. The summed E-state index contributed by atoms with van der Waals surface area (Å²) in [5.74, 6) is -0.862. The van der Waals surface area contributed by atoms with E-state index in [-0.39, 0.29) is 16.4 Å². The molecule has 10 heteroatoms. The van der Waals surface area contributed by atoms with E-state index in [1.807, 2.05) is 11.6 Å². The van der Waals surface area contributed by atoms with Gasteiger partial charge in [-0.15, -0.1) is 0 Å². The van der Waals surface area contributed by atoms with Crippen molar-refractivity contribution in [3.05, 3.63) is 46.8 Å². The van der Waals surface area contributed by atoms with Crippen LogP contribution in [0.25, 0.3) is 0 Å². The molecule has 1 aromatic carbocycles. The highest BCUT2D eigenvalue weighted by atomic mass is 32.2. The number of hydrogen-bond acceptors (Lipinski definition) is 7. The molecule has 2 N–H and O–H groups in total. The second kappa shape index (κ2) is 7.48. The predicted molar refractivity (Wildman–Crippen MR) is 93.4 cm³/mol. The third-order valence-electron chi connectivity index (χ3n) is 3.67. The van der Waals surface area contributed by atoms with Crippen molar-refractivity contribution in [3.63, 3.8) is 0 Å². The molecule has 2 amide bonds. The van der Waals surface area contributed by atoms with Crippen LogP contribution in [0.3, 0.4) is 0 Å². The van der Waals surface area contributed by atoms with Crippen molar-refractivity contribution in [2.75, 3.05) is 12.4 Å². The number of rotatable bonds is 4. The molecule has 26 heavy (non-hydrogen) atoms. The van der Waals surface area contributed by atoms with Gasteiger partial charge in [-0.1, -0.05) is 12.1 Å². The van der Waals surface area contributed by atoms with Crippen LogP contribution in [-0.4, -0.2) is 37.5 Å². The van der Waals surface area contributed by atoms with Crippen molar-refractivity contribution in [1.82, 2.24) is 14.7 Å². The van der Waals surface area contributed by atoms with Crippen LogP contribution in [-0.2, 0) is 14.8 Å². The molecule has 0 unspecified atom stereocenters. The van der Waals surface area contributed by atoms with Crippen molar-refractivity contribution in [2.45, 2.75) is 25.7 Å². The Morgan fingerprint density at radius 2 is 1.62 bits per heavy atom. The minimum Gasteiger partial charge on any atom is -0.465 e. The quantitative estimate of drug-likeness (QED) is 0.775. The van der Waals surface area contributed by atoms with Gasteiger partial charge in [-0.05, 0) is 38.5 Å². The number of methoxy groups -OCH3 is 1. The zero-order valence-electron chi connectivity index (χ0n) is 14.7. The van der Waals surface area contributed by atoms with Crippen LogP contribution in [0.15, 0.2) is 29.2 Å². The molecule has 0 bridgehead atoms. The number of aryl methyl sites for hydroxylation is 2. The lowest BCUT2D eigenvalue weighted by molar-refractivity contribution is 0.0596. The number of nitrogens with one attached hydrogen (secondary N) is 2. The van der Waals surface area contributed by atoms with Gasteiger partial charge < -0.3 is 4.74 Å². The molecule has 0 saturated heterocycles. The van der Waals surface area contributed by atoms with E-state index in [1.54, 1.807) is 13.8 Å². The molecule has 0 radical (unpaired) electrons. The average molecular weight is 378 g/mol. The molecular formula is C16H18N4O5S. The summed E-state index contributed by atoms with van der Waals surface area (Å²) < 4.78 is 31.3. The molecule has 1 aromatic heterocycles. The van der Waals surface area contributed by atoms with Crippen LogP contribution in [0.2, 0.25) is 0 Å². The van der Waals surface area contributed by atoms with E-state index in [0.717, 1.165) is 12.7 Å². The first-order valence-electron chi connectivity index (χ1n) is 7.48. The lowest BCUT2D eigenvalue weighted by atomic mass is 10.2. The third kappa shape index (κ3) is 4.14. The van der Waals surface area contributed by atoms with Crippen molar-refractivity contribution in [3.8, 4) is 0 Å². The molecular weight excluding hydrogens is 360 g/mol. The van der Waals surface area contributed by atoms with E-state index in [4.69, 9.17) is 0 Å². The number of amides is 2. The molecule has 0 fully saturated rings. The van der Waals surface area contributed by atoms with Gasteiger partial charge in [-0.3, -0.25) is 5.32 Å². The zero-order valence-corrected chi connectivity index (χ0v) is 15.5. The number of carbonyl (C=O) groups is 2. The number of hydrogen-bond donors (Lipinski definition) is 2. The zero-order chi connectivity index (χ0) is 19.5. The van der Waals surface area contributed by atoms with Crippen LogP contribution in [0.4, 0.5) is 10.7 Å². The third-order valence-corrected chi connectivity index (χ3v) is 5.06. The normalized spacial score (nSPS) is 10.9. The lowest BCUT2D eigenvalue weighted by Gasteiger charge is -2.11. The summed E-state index contributed by atoms with van der Waals surface area (Å²) >= 11 is 0. The largest absolute Gasteiger partial charge is 0.465 e. The van der Waals surface area contributed by atoms with E-state index in [1.165, 1.54) is 24.3 Å². The highest BCUT2D eigenvalue weighted by Gasteiger charge is 2.25. The molecule has 138 valence electrons. The second-order valence-electron chi connectivity index (χ2n) is 5.39. The van der Waals surface area contributed by atoms with Crippen LogP contribution >= 0.6 is 0 Å². The van der Waals surface area contributed by atoms with Gasteiger partial charge in [0, 0.05) is 11.4 Å². The number of sulfonamides is 1. The van der Waals surface area contributed by atoms with E-state index in [9.17, 15) is 18.0 Å². The Morgan fingerprint density at radius 1 is 1.04 bits per heavy atom. The maximum Gasteiger partial charge on any atom is 0.339 e. The smallest absolute Gasteiger partial charge is 0.339 e. The SMILES string of the molecule is COC(=O)c1ccccc1S(=O)(=O)NC(=O)Nc1nc(C)c(C)c(C)n1. The summed E-state index contributed by atoms with van der Waals surface area (Å²) in [5.41, 5.74) is 2.00. The van der Waals surface area contributed by atoms with Crippen LogP contribution < -0.4 is 10.0 Å². The summed E-state index contributed by atoms with van der Waals surface area (Å²) in [4.78, 5) is 31.6. The molecule has 0 atom stereocenters. The summed E-state index contributed by atoms with van der Waals surface area (Å²) in [6.07, 6.45) is 0. The number of esters is 1. The van der Waals surface area contributed by atoms with Crippen molar-refractivity contribution in [2.24, 2.45) is 0 Å². The number of aromatic nitrogens is 2. The topological polar surface area (TPSA) is 127 Å². The number of nitrogens with zero attached hydrogens (tertiary/aromatic N) is 2. The maximum atomic E-state index is 12.4. The molecule has 0 aliphatic heterocycles. The van der Waals surface area contributed by atoms with Crippen LogP contribution in [0.1, 0.15) is 27.3 Å². The maximum absolute atomic E-state index is 12.4. The standard InChI is InChI=1S/C16H18N4O5S/c1-9-10(2)17-15(18-11(9)3)19-16(22)20-26(23,24)13-8-6-5-7-12(13)14(21)25-4/h5-8H,1-4H3,(H2,17,18,19,20,22). The average Bonchev–Trinajstić information content (AvgIpc) is 2.58. The Morgan fingerprint density at radius 3 is 2.19 bits per heavy atom. The van der Waals surface area contributed by atoms with Crippen LogP contribution in [0, 0.1) is 20.8 Å². The fraction of sp³-hybridized carbons (Fsp3) is 0.250. The summed E-state index contributed by atoms with van der Waals surface area (Å²) in [5, 5.41) is 2.27. The fourth-order valence-electron chi connectivity index (χ4n) is 2.11. The van der Waals surface area contributed by atoms with E-state index in [2.05, 4.69) is 20.0 Å². The summed E-state index contributed by atoms with van der Waals surface area (Å²) in [6.45, 7) is 5.33. The first kappa shape index (κ1) is 19.3.